The van der Waals surface area contributed by atoms with Crippen LogP contribution in [0.2, 0.25) is 44.8 Å². The van der Waals surface area contributed by atoms with E-state index in [0.29, 0.717) is 6.42 Å². The molecule has 0 bridgehead atoms. The van der Waals surface area contributed by atoms with Crippen LogP contribution in [-0.4, -0.2) is 51.6 Å². The predicted molar refractivity (Wildman–Crippen MR) is 102 cm³/mol. The van der Waals surface area contributed by atoms with Crippen molar-refractivity contribution in [3.8, 4) is 0 Å². The first-order valence-electron chi connectivity index (χ1n) is 8.12. The molecule has 0 aromatic rings. The van der Waals surface area contributed by atoms with Gasteiger partial charge in [0, 0.05) is 12.2 Å². The number of hydrogen-bond donors (Lipinski definition) is 0. The lowest BCUT2D eigenvalue weighted by Crippen LogP contribution is -2.45. The molecule has 6 nitrogen and oxygen atoms in total. The lowest BCUT2D eigenvalue weighted by molar-refractivity contribution is -0.139. The van der Waals surface area contributed by atoms with E-state index < -0.39 is 37.9 Å². The molecule has 0 aromatic carbocycles. The number of ether oxygens (including phenoxy) is 2. The predicted octanol–water partition coefficient (Wildman–Crippen LogP) is 2.96. The maximum atomic E-state index is 11.5. The molecule has 140 valence electrons. The van der Waals surface area contributed by atoms with Crippen LogP contribution in [0, 0.1) is 0 Å². The molecule has 0 saturated carbocycles. The molecule has 1 unspecified atom stereocenters. The molecule has 0 N–H and O–H groups in total. The van der Waals surface area contributed by atoms with Crippen molar-refractivity contribution in [3.05, 3.63) is 12.2 Å². The van der Waals surface area contributed by atoms with E-state index in [1.165, 1.54) is 7.11 Å². The van der Waals surface area contributed by atoms with Crippen LogP contribution in [0.25, 0.3) is 0 Å². The minimum absolute atomic E-state index is 0.237. The molecule has 0 rings (SSSR count). The molecular formula is C15H32O6Si3. The fraction of sp³-hybridized carbons (Fsp3) is 0.733. The lowest BCUT2D eigenvalue weighted by atomic mass is 10.3. The van der Waals surface area contributed by atoms with Crippen molar-refractivity contribution in [2.75, 3.05) is 13.7 Å². The molecule has 0 fully saturated rings. The van der Waals surface area contributed by atoms with Gasteiger partial charge >= 0.3 is 21.2 Å². The Balaban J connectivity index is 4.50. The maximum Gasteiger partial charge on any atom is 0.331 e. The first-order valence-corrected chi connectivity index (χ1v) is 16.5. The molecule has 0 amide bonds. The first kappa shape index (κ1) is 23.3. The van der Waals surface area contributed by atoms with E-state index >= 15 is 0 Å². The summed E-state index contributed by atoms with van der Waals surface area (Å²) < 4.78 is 22.1. The van der Waals surface area contributed by atoms with E-state index in [2.05, 4.69) is 50.9 Å². The highest BCUT2D eigenvalue weighted by Crippen LogP contribution is 2.23. The van der Waals surface area contributed by atoms with E-state index in [9.17, 15) is 9.59 Å². The van der Waals surface area contributed by atoms with Gasteiger partial charge in [-0.05, 0) is 51.2 Å². The molecule has 0 aliphatic carbocycles. The molecule has 0 spiro atoms. The molecular weight excluding hydrogens is 360 g/mol. The van der Waals surface area contributed by atoms with Gasteiger partial charge in [0.15, 0.2) is 16.6 Å². The highest BCUT2D eigenvalue weighted by Gasteiger charge is 2.32. The minimum Gasteiger partial charge on any atom is -0.466 e. The fourth-order valence-electron chi connectivity index (χ4n) is 1.69. The molecule has 24 heavy (non-hydrogen) atoms. The summed E-state index contributed by atoms with van der Waals surface area (Å²) in [6, 6.07) is 0. The third-order valence-corrected chi connectivity index (χ3v) is 11.6. The first-order chi connectivity index (χ1) is 10.8. The quantitative estimate of drug-likeness (QED) is 0.323. The molecule has 0 saturated heterocycles. The summed E-state index contributed by atoms with van der Waals surface area (Å²) in [6.07, 6.45) is 2.80. The topological polar surface area (TPSA) is 71.1 Å². The number of rotatable bonds is 10. The van der Waals surface area contributed by atoms with Crippen molar-refractivity contribution in [2.45, 2.75) is 58.2 Å². The summed E-state index contributed by atoms with van der Waals surface area (Å²) in [5.74, 6) is -1.14. The monoisotopic (exact) mass is 392 g/mol. The molecule has 0 aliphatic heterocycles. The lowest BCUT2D eigenvalue weighted by Gasteiger charge is -2.33. The van der Waals surface area contributed by atoms with Crippen LogP contribution in [0.3, 0.4) is 0 Å². The number of carbonyl (C=O) groups is 2. The number of methoxy groups -OCH3 is 1. The van der Waals surface area contributed by atoms with Crippen LogP contribution in [-0.2, 0) is 27.3 Å². The van der Waals surface area contributed by atoms with Crippen molar-refractivity contribution >= 4 is 37.9 Å². The highest BCUT2D eigenvalue weighted by molar-refractivity contribution is 6.81. The number of hydrogen-bond acceptors (Lipinski definition) is 6. The van der Waals surface area contributed by atoms with Gasteiger partial charge in [0.2, 0.25) is 0 Å². The van der Waals surface area contributed by atoms with Gasteiger partial charge in [0.25, 0.3) is 0 Å². The Labute approximate surface area is 149 Å². The minimum atomic E-state index is -1.84. The summed E-state index contributed by atoms with van der Waals surface area (Å²) in [4.78, 5) is 22.4. The summed E-state index contributed by atoms with van der Waals surface area (Å²) in [6.45, 7) is 15.3. The smallest absolute Gasteiger partial charge is 0.331 e. The van der Waals surface area contributed by atoms with Crippen molar-refractivity contribution in [1.82, 2.24) is 0 Å². The Morgan fingerprint density at radius 2 is 1.42 bits per heavy atom. The Bertz CT molecular complexity index is 423. The van der Waals surface area contributed by atoms with Crippen molar-refractivity contribution in [2.24, 2.45) is 0 Å². The largest absolute Gasteiger partial charge is 0.466 e. The Hall–Kier alpha value is -0.749. The van der Waals surface area contributed by atoms with Gasteiger partial charge in [-0.3, -0.25) is 0 Å². The zero-order valence-electron chi connectivity index (χ0n) is 16.2. The van der Waals surface area contributed by atoms with Crippen LogP contribution in [0.5, 0.6) is 0 Å². The Kier molecular flexibility index (Phi) is 9.97. The van der Waals surface area contributed by atoms with Gasteiger partial charge < -0.3 is 17.7 Å². The van der Waals surface area contributed by atoms with E-state index in [1.807, 2.05) is 0 Å². The van der Waals surface area contributed by atoms with E-state index in [0.717, 1.165) is 12.2 Å². The van der Waals surface area contributed by atoms with Gasteiger partial charge in [0.05, 0.1) is 13.7 Å². The van der Waals surface area contributed by atoms with Crippen molar-refractivity contribution in [3.63, 3.8) is 0 Å². The average molecular weight is 393 g/mol. The highest BCUT2D eigenvalue weighted by atomic mass is 28.4. The second-order valence-corrected chi connectivity index (χ2v) is 19.8. The molecule has 0 aromatic heterocycles. The Morgan fingerprint density at radius 1 is 0.958 bits per heavy atom. The number of carbonyl (C=O) groups excluding carboxylic acids is 2. The fourth-order valence-corrected chi connectivity index (χ4v) is 10.2. The van der Waals surface area contributed by atoms with Gasteiger partial charge in [-0.15, -0.1) is 0 Å². The summed E-state index contributed by atoms with van der Waals surface area (Å²) in [7, 11) is -3.96. The Morgan fingerprint density at radius 3 is 1.83 bits per heavy atom. The standard InChI is InChI=1S/C15H32O6Si3/c1-13(11-12-19-15(17)10-9-14(16)18-2)22(20-23(3,4)5)21-24(6,7)8/h9-10,13,22H,11-12H2,1-8H3. The van der Waals surface area contributed by atoms with Gasteiger partial charge in [-0.25, -0.2) is 9.59 Å². The van der Waals surface area contributed by atoms with Crippen LogP contribution < -0.4 is 0 Å². The summed E-state index contributed by atoms with van der Waals surface area (Å²) >= 11 is 0. The van der Waals surface area contributed by atoms with E-state index in [-0.39, 0.29) is 12.1 Å². The second kappa shape index (κ2) is 10.3. The van der Waals surface area contributed by atoms with Crippen LogP contribution in [0.1, 0.15) is 13.3 Å². The van der Waals surface area contributed by atoms with Crippen LogP contribution in [0.15, 0.2) is 12.2 Å². The van der Waals surface area contributed by atoms with Crippen molar-refractivity contribution < 1.29 is 27.3 Å². The van der Waals surface area contributed by atoms with Crippen LogP contribution >= 0.6 is 0 Å². The molecule has 1 atom stereocenters. The molecule has 0 aliphatic rings. The van der Waals surface area contributed by atoms with Crippen molar-refractivity contribution in [1.29, 1.82) is 0 Å². The van der Waals surface area contributed by atoms with E-state index in [1.54, 1.807) is 0 Å². The van der Waals surface area contributed by atoms with Gasteiger partial charge in [-0.1, -0.05) is 6.92 Å². The number of esters is 2. The second-order valence-electron chi connectivity index (χ2n) is 7.62. The normalized spacial score (nSPS) is 14.0. The van der Waals surface area contributed by atoms with Gasteiger partial charge in [-0.2, -0.15) is 0 Å². The SMILES string of the molecule is COC(=O)C=CC(=O)OCCC(C)[SiH](O[Si](C)(C)C)O[Si](C)(C)C. The zero-order chi connectivity index (χ0) is 19.0. The van der Waals surface area contributed by atoms with Gasteiger partial charge in [0.1, 0.15) is 0 Å². The summed E-state index contributed by atoms with van der Waals surface area (Å²) in [5.41, 5.74) is 0.237. The third-order valence-electron chi connectivity index (χ3n) is 2.78. The zero-order valence-corrected chi connectivity index (χ0v) is 19.3. The molecule has 0 radical (unpaired) electrons. The molecule has 9 heteroatoms. The van der Waals surface area contributed by atoms with Crippen LogP contribution in [0.4, 0.5) is 0 Å². The average Bonchev–Trinajstić information content (AvgIpc) is 2.40. The maximum absolute atomic E-state index is 11.5. The molecule has 0 heterocycles. The third kappa shape index (κ3) is 12.6. The summed E-state index contributed by atoms with van der Waals surface area (Å²) in [5, 5.41) is 0. The van der Waals surface area contributed by atoms with E-state index in [4.69, 9.17) is 13.0 Å².